The minimum atomic E-state index is -0.341. The van der Waals surface area contributed by atoms with Gasteiger partial charge in [-0.15, -0.1) is 6.58 Å². The molecular formula is C18H19N3O2. The second kappa shape index (κ2) is 7.35. The van der Waals surface area contributed by atoms with Crippen LogP contribution >= 0.6 is 0 Å². The van der Waals surface area contributed by atoms with Crippen molar-refractivity contribution in [2.24, 2.45) is 0 Å². The maximum atomic E-state index is 12.4. The zero-order valence-electron chi connectivity index (χ0n) is 13.2. The van der Waals surface area contributed by atoms with Crippen molar-refractivity contribution >= 4 is 17.5 Å². The highest BCUT2D eigenvalue weighted by atomic mass is 16.2. The zero-order chi connectivity index (χ0) is 16.8. The fraction of sp³-hybridized carbons (Fsp3) is 0.167. The van der Waals surface area contributed by atoms with E-state index in [1.54, 1.807) is 12.1 Å². The molecule has 1 aromatic heterocycles. The third kappa shape index (κ3) is 4.26. The number of aryl methyl sites for hydroxylation is 2. The molecule has 1 aromatic carbocycles. The van der Waals surface area contributed by atoms with Gasteiger partial charge in [-0.1, -0.05) is 18.2 Å². The van der Waals surface area contributed by atoms with Crippen molar-refractivity contribution in [1.82, 2.24) is 10.3 Å². The monoisotopic (exact) mass is 309 g/mol. The minimum Gasteiger partial charge on any atom is -0.347 e. The summed E-state index contributed by atoms with van der Waals surface area (Å²) in [5.41, 5.74) is 3.36. The average Bonchev–Trinajstić information content (AvgIpc) is 2.56. The van der Waals surface area contributed by atoms with E-state index in [1.165, 1.54) is 12.3 Å². The standard InChI is InChI=1S/C18H19N3O2/c1-4-8-20-18(23)16-11-14(7-9-19-16)17(22)21-15-10-12(2)5-6-13(15)3/h4-7,9-11H,1,8H2,2-3H3,(H,20,23)(H,21,22). The summed E-state index contributed by atoms with van der Waals surface area (Å²) in [6.45, 7) is 7.77. The first-order valence-corrected chi connectivity index (χ1v) is 7.25. The number of anilines is 1. The van der Waals surface area contributed by atoms with Crippen LogP contribution in [0, 0.1) is 13.8 Å². The second-order valence-electron chi connectivity index (χ2n) is 5.20. The number of nitrogens with zero attached hydrogens (tertiary/aromatic N) is 1. The van der Waals surface area contributed by atoms with Gasteiger partial charge in [0.25, 0.3) is 11.8 Å². The highest BCUT2D eigenvalue weighted by Gasteiger charge is 2.12. The first-order valence-electron chi connectivity index (χ1n) is 7.25. The lowest BCUT2D eigenvalue weighted by atomic mass is 10.1. The molecule has 0 aliphatic carbocycles. The average molecular weight is 309 g/mol. The van der Waals surface area contributed by atoms with Gasteiger partial charge in [0.15, 0.2) is 0 Å². The van der Waals surface area contributed by atoms with Gasteiger partial charge >= 0.3 is 0 Å². The van der Waals surface area contributed by atoms with Crippen molar-refractivity contribution in [3.05, 3.63) is 71.6 Å². The Balaban J connectivity index is 2.18. The maximum absolute atomic E-state index is 12.4. The SMILES string of the molecule is C=CCNC(=O)c1cc(C(=O)Nc2cc(C)ccc2C)ccn1. The quantitative estimate of drug-likeness (QED) is 0.834. The van der Waals surface area contributed by atoms with Crippen molar-refractivity contribution in [1.29, 1.82) is 0 Å². The summed E-state index contributed by atoms with van der Waals surface area (Å²) in [5.74, 6) is -0.620. The number of benzene rings is 1. The largest absolute Gasteiger partial charge is 0.347 e. The van der Waals surface area contributed by atoms with Crippen LogP contribution in [-0.4, -0.2) is 23.3 Å². The third-order valence-electron chi connectivity index (χ3n) is 3.30. The normalized spacial score (nSPS) is 10.0. The van der Waals surface area contributed by atoms with E-state index in [9.17, 15) is 9.59 Å². The van der Waals surface area contributed by atoms with Gasteiger partial charge in [-0.3, -0.25) is 14.6 Å². The Labute approximate surface area is 135 Å². The predicted octanol–water partition coefficient (Wildman–Crippen LogP) is 2.87. The van der Waals surface area contributed by atoms with Crippen LogP contribution in [0.4, 0.5) is 5.69 Å². The van der Waals surface area contributed by atoms with Gasteiger partial charge in [0, 0.05) is 24.0 Å². The van der Waals surface area contributed by atoms with Gasteiger partial charge < -0.3 is 10.6 Å². The minimum absolute atomic E-state index is 0.195. The molecule has 0 unspecified atom stereocenters. The fourth-order valence-corrected chi connectivity index (χ4v) is 2.02. The lowest BCUT2D eigenvalue weighted by Gasteiger charge is -2.10. The first kappa shape index (κ1) is 16.4. The van der Waals surface area contributed by atoms with Crippen molar-refractivity contribution in [3.63, 3.8) is 0 Å². The van der Waals surface area contributed by atoms with E-state index < -0.39 is 0 Å². The number of carbonyl (C=O) groups excluding carboxylic acids is 2. The molecule has 2 rings (SSSR count). The zero-order valence-corrected chi connectivity index (χ0v) is 13.2. The number of rotatable bonds is 5. The van der Waals surface area contributed by atoms with Crippen molar-refractivity contribution in [2.75, 3.05) is 11.9 Å². The second-order valence-corrected chi connectivity index (χ2v) is 5.20. The van der Waals surface area contributed by atoms with E-state index in [1.807, 2.05) is 32.0 Å². The lowest BCUT2D eigenvalue weighted by molar-refractivity contribution is 0.0953. The molecule has 0 radical (unpaired) electrons. The number of hydrogen-bond acceptors (Lipinski definition) is 3. The maximum Gasteiger partial charge on any atom is 0.270 e. The molecule has 1 heterocycles. The van der Waals surface area contributed by atoms with E-state index >= 15 is 0 Å². The number of pyridine rings is 1. The molecular weight excluding hydrogens is 290 g/mol. The smallest absolute Gasteiger partial charge is 0.270 e. The molecule has 2 amide bonds. The van der Waals surface area contributed by atoms with Gasteiger partial charge in [-0.25, -0.2) is 0 Å². The molecule has 0 atom stereocenters. The first-order chi connectivity index (χ1) is 11.0. The molecule has 0 fully saturated rings. The molecule has 0 spiro atoms. The fourth-order valence-electron chi connectivity index (χ4n) is 2.02. The summed E-state index contributed by atoms with van der Waals surface area (Å²) >= 11 is 0. The molecule has 0 saturated carbocycles. The van der Waals surface area contributed by atoms with Crippen LogP contribution < -0.4 is 10.6 Å². The van der Waals surface area contributed by atoms with E-state index in [0.29, 0.717) is 12.1 Å². The molecule has 23 heavy (non-hydrogen) atoms. The van der Waals surface area contributed by atoms with Gasteiger partial charge in [-0.05, 0) is 43.2 Å². The Hall–Kier alpha value is -2.95. The third-order valence-corrected chi connectivity index (χ3v) is 3.30. The van der Waals surface area contributed by atoms with E-state index in [-0.39, 0.29) is 17.5 Å². The van der Waals surface area contributed by atoms with E-state index in [4.69, 9.17) is 0 Å². The number of hydrogen-bond donors (Lipinski definition) is 2. The Morgan fingerprint density at radius 3 is 2.70 bits per heavy atom. The molecule has 2 aromatic rings. The summed E-state index contributed by atoms with van der Waals surface area (Å²) in [6.07, 6.45) is 3.02. The van der Waals surface area contributed by atoms with Crippen molar-refractivity contribution in [3.8, 4) is 0 Å². The summed E-state index contributed by atoms with van der Waals surface area (Å²) in [6, 6.07) is 8.89. The molecule has 0 saturated heterocycles. The highest BCUT2D eigenvalue weighted by Crippen LogP contribution is 2.17. The number of nitrogens with one attached hydrogen (secondary N) is 2. The Morgan fingerprint density at radius 1 is 1.17 bits per heavy atom. The highest BCUT2D eigenvalue weighted by molar-refractivity contribution is 6.06. The Kier molecular flexibility index (Phi) is 5.25. The van der Waals surface area contributed by atoms with Gasteiger partial charge in [0.05, 0.1) is 0 Å². The molecule has 5 nitrogen and oxygen atoms in total. The van der Waals surface area contributed by atoms with Crippen LogP contribution in [0.5, 0.6) is 0 Å². The molecule has 118 valence electrons. The lowest BCUT2D eigenvalue weighted by Crippen LogP contribution is -2.24. The number of carbonyl (C=O) groups is 2. The number of aromatic nitrogens is 1. The topological polar surface area (TPSA) is 71.1 Å². The summed E-state index contributed by atoms with van der Waals surface area (Å²) in [4.78, 5) is 28.2. The van der Waals surface area contributed by atoms with Crippen LogP contribution in [0.15, 0.2) is 49.2 Å². The predicted molar refractivity (Wildman–Crippen MR) is 90.6 cm³/mol. The van der Waals surface area contributed by atoms with Crippen LogP contribution in [0.2, 0.25) is 0 Å². The van der Waals surface area contributed by atoms with Crippen molar-refractivity contribution in [2.45, 2.75) is 13.8 Å². The Morgan fingerprint density at radius 2 is 1.96 bits per heavy atom. The van der Waals surface area contributed by atoms with Gasteiger partial charge in [0.1, 0.15) is 5.69 Å². The van der Waals surface area contributed by atoms with Crippen molar-refractivity contribution < 1.29 is 9.59 Å². The van der Waals surface area contributed by atoms with Gasteiger partial charge in [0.2, 0.25) is 0 Å². The van der Waals surface area contributed by atoms with Crippen LogP contribution in [-0.2, 0) is 0 Å². The Bertz CT molecular complexity index is 754. The van der Waals surface area contributed by atoms with E-state index in [0.717, 1.165) is 16.8 Å². The van der Waals surface area contributed by atoms with E-state index in [2.05, 4.69) is 22.2 Å². The summed E-state index contributed by atoms with van der Waals surface area (Å²) in [5, 5.41) is 5.49. The van der Waals surface area contributed by atoms with Crippen LogP contribution in [0.1, 0.15) is 32.0 Å². The summed E-state index contributed by atoms with van der Waals surface area (Å²) in [7, 11) is 0. The number of amides is 2. The van der Waals surface area contributed by atoms with Crippen LogP contribution in [0.25, 0.3) is 0 Å². The molecule has 2 N–H and O–H groups in total. The molecule has 0 aliphatic heterocycles. The molecule has 0 bridgehead atoms. The summed E-state index contributed by atoms with van der Waals surface area (Å²) < 4.78 is 0. The molecule has 5 heteroatoms. The van der Waals surface area contributed by atoms with Crippen LogP contribution in [0.3, 0.4) is 0 Å². The molecule has 0 aliphatic rings. The van der Waals surface area contributed by atoms with Gasteiger partial charge in [-0.2, -0.15) is 0 Å².